The summed E-state index contributed by atoms with van der Waals surface area (Å²) in [6.45, 7) is 6.97. The first kappa shape index (κ1) is 16.9. The van der Waals surface area contributed by atoms with E-state index in [-0.39, 0.29) is 23.1 Å². The predicted octanol–water partition coefficient (Wildman–Crippen LogP) is 1.35. The van der Waals surface area contributed by atoms with E-state index < -0.39 is 0 Å². The van der Waals surface area contributed by atoms with Crippen LogP contribution in [0.5, 0.6) is 0 Å². The summed E-state index contributed by atoms with van der Waals surface area (Å²) in [5.41, 5.74) is 1.58. The minimum Gasteiger partial charge on any atom is -0.384 e. The third kappa shape index (κ3) is 2.90. The lowest BCUT2D eigenvalue weighted by Gasteiger charge is -2.43. The number of hydrogen-bond donors (Lipinski definition) is 0. The quantitative estimate of drug-likeness (QED) is 0.839. The van der Waals surface area contributed by atoms with Gasteiger partial charge in [-0.15, -0.1) is 0 Å². The van der Waals surface area contributed by atoms with Gasteiger partial charge in [0.1, 0.15) is 0 Å². The van der Waals surface area contributed by atoms with Crippen molar-refractivity contribution >= 4 is 11.8 Å². The van der Waals surface area contributed by atoms with Gasteiger partial charge in [0.05, 0.1) is 12.2 Å². The zero-order chi connectivity index (χ0) is 17.3. The molecule has 3 rings (SSSR count). The number of methoxy groups -OCH3 is 1. The van der Waals surface area contributed by atoms with E-state index in [1.54, 1.807) is 26.4 Å². The molecule has 130 valence electrons. The molecule has 2 amide bonds. The summed E-state index contributed by atoms with van der Waals surface area (Å²) in [7, 11) is 1.71. The van der Waals surface area contributed by atoms with Crippen LogP contribution in [0.25, 0.3) is 0 Å². The lowest BCUT2D eigenvalue weighted by atomic mass is 9.73. The van der Waals surface area contributed by atoms with E-state index in [2.05, 4.69) is 4.98 Å². The molecule has 2 atom stereocenters. The molecule has 2 fully saturated rings. The van der Waals surface area contributed by atoms with E-state index in [0.717, 1.165) is 18.5 Å². The van der Waals surface area contributed by atoms with Gasteiger partial charge in [-0.1, -0.05) is 0 Å². The van der Waals surface area contributed by atoms with Gasteiger partial charge in [-0.25, -0.2) is 0 Å². The number of piperidine rings is 1. The van der Waals surface area contributed by atoms with Crippen LogP contribution in [0, 0.1) is 18.3 Å². The molecule has 1 aromatic heterocycles. The molecule has 2 aliphatic rings. The molecule has 6 heteroatoms. The first-order valence-electron chi connectivity index (χ1n) is 8.41. The number of nitrogens with zero attached hydrogens (tertiary/aromatic N) is 3. The number of carbonyl (C=O) groups is 2. The summed E-state index contributed by atoms with van der Waals surface area (Å²) in [6.07, 6.45) is 4.21. The molecular formula is C18H25N3O3. The highest BCUT2D eigenvalue weighted by Crippen LogP contribution is 2.43. The lowest BCUT2D eigenvalue weighted by Crippen LogP contribution is -2.51. The van der Waals surface area contributed by atoms with Crippen molar-refractivity contribution in [2.75, 3.05) is 39.9 Å². The van der Waals surface area contributed by atoms with Crippen LogP contribution in [0.15, 0.2) is 18.5 Å². The Kier molecular flexibility index (Phi) is 4.58. The lowest BCUT2D eigenvalue weighted by molar-refractivity contribution is -0.128. The van der Waals surface area contributed by atoms with Crippen molar-refractivity contribution in [1.82, 2.24) is 14.8 Å². The second-order valence-corrected chi connectivity index (χ2v) is 7.08. The Labute approximate surface area is 142 Å². The minimum atomic E-state index is -0.0266. The fraction of sp³-hybridized carbons (Fsp3) is 0.611. The third-order valence-corrected chi connectivity index (χ3v) is 5.57. The molecular weight excluding hydrogens is 306 g/mol. The Hall–Kier alpha value is -1.95. The molecule has 0 unspecified atom stereocenters. The zero-order valence-corrected chi connectivity index (χ0v) is 14.6. The average molecular weight is 331 g/mol. The number of aromatic nitrogens is 1. The van der Waals surface area contributed by atoms with Crippen LogP contribution < -0.4 is 0 Å². The number of amides is 2. The molecule has 0 saturated carbocycles. The standard InChI is InChI=1S/C18H25N3O3/c1-13-4-6-19-8-16(13)17(23)20-7-5-18(12-24-3)11-21(14(2)22)10-15(18)9-20/h4,6,8,15H,5,7,9-12H2,1-3H3/t15-,18+/m1/s1. The Morgan fingerprint density at radius 1 is 1.38 bits per heavy atom. The number of likely N-dealkylation sites (tertiary alicyclic amines) is 2. The SMILES string of the molecule is COC[C@@]12CCN(C(=O)c3cnccc3C)C[C@@H]1CN(C(C)=O)C2. The predicted molar refractivity (Wildman–Crippen MR) is 89.5 cm³/mol. The normalized spacial score (nSPS) is 26.4. The zero-order valence-electron chi connectivity index (χ0n) is 14.6. The number of aryl methyl sites for hydroxylation is 1. The van der Waals surface area contributed by atoms with Gasteiger partial charge in [0.15, 0.2) is 0 Å². The highest BCUT2D eigenvalue weighted by Gasteiger charge is 2.50. The van der Waals surface area contributed by atoms with Crippen molar-refractivity contribution in [1.29, 1.82) is 0 Å². The van der Waals surface area contributed by atoms with Crippen LogP contribution >= 0.6 is 0 Å². The van der Waals surface area contributed by atoms with Crippen LogP contribution in [-0.2, 0) is 9.53 Å². The van der Waals surface area contributed by atoms with Crippen molar-refractivity contribution in [3.05, 3.63) is 29.6 Å². The van der Waals surface area contributed by atoms with Gasteiger partial charge >= 0.3 is 0 Å². The van der Waals surface area contributed by atoms with E-state index in [1.807, 2.05) is 22.8 Å². The third-order valence-electron chi connectivity index (χ3n) is 5.57. The average Bonchev–Trinajstić information content (AvgIpc) is 2.94. The fourth-order valence-corrected chi connectivity index (χ4v) is 4.09. The topological polar surface area (TPSA) is 62.7 Å². The van der Waals surface area contributed by atoms with Gasteiger partial charge in [0.2, 0.25) is 5.91 Å². The minimum absolute atomic E-state index is 0.0266. The Morgan fingerprint density at radius 3 is 2.79 bits per heavy atom. The molecule has 0 spiro atoms. The van der Waals surface area contributed by atoms with Crippen molar-refractivity contribution in [3.8, 4) is 0 Å². The molecule has 0 bridgehead atoms. The number of rotatable bonds is 3. The maximum Gasteiger partial charge on any atom is 0.255 e. The monoisotopic (exact) mass is 331 g/mol. The molecule has 2 aliphatic heterocycles. The molecule has 1 aromatic rings. The van der Waals surface area contributed by atoms with Gasteiger partial charge in [0.25, 0.3) is 5.91 Å². The number of carbonyl (C=O) groups excluding carboxylic acids is 2. The van der Waals surface area contributed by atoms with E-state index in [0.29, 0.717) is 31.8 Å². The van der Waals surface area contributed by atoms with Gasteiger partial charge < -0.3 is 14.5 Å². The van der Waals surface area contributed by atoms with Crippen molar-refractivity contribution in [2.24, 2.45) is 11.3 Å². The number of hydrogen-bond acceptors (Lipinski definition) is 4. The molecule has 24 heavy (non-hydrogen) atoms. The Bertz CT molecular complexity index is 648. The summed E-state index contributed by atoms with van der Waals surface area (Å²) < 4.78 is 5.46. The first-order chi connectivity index (χ1) is 11.5. The van der Waals surface area contributed by atoms with Gasteiger partial charge in [0, 0.05) is 63.9 Å². The van der Waals surface area contributed by atoms with Gasteiger partial charge in [-0.05, 0) is 25.0 Å². The second kappa shape index (κ2) is 6.51. The number of pyridine rings is 1. The largest absolute Gasteiger partial charge is 0.384 e. The van der Waals surface area contributed by atoms with E-state index in [1.165, 1.54) is 0 Å². The molecule has 6 nitrogen and oxygen atoms in total. The fourth-order valence-electron chi connectivity index (χ4n) is 4.09. The van der Waals surface area contributed by atoms with E-state index >= 15 is 0 Å². The van der Waals surface area contributed by atoms with Crippen LogP contribution in [0.2, 0.25) is 0 Å². The second-order valence-electron chi connectivity index (χ2n) is 7.08. The summed E-state index contributed by atoms with van der Waals surface area (Å²) in [5, 5.41) is 0. The maximum absolute atomic E-state index is 12.9. The van der Waals surface area contributed by atoms with E-state index in [4.69, 9.17) is 4.74 Å². The van der Waals surface area contributed by atoms with Crippen LogP contribution in [0.1, 0.15) is 29.3 Å². The Morgan fingerprint density at radius 2 is 2.12 bits per heavy atom. The summed E-state index contributed by atoms with van der Waals surface area (Å²) in [5.74, 6) is 0.393. The molecule has 0 N–H and O–H groups in total. The van der Waals surface area contributed by atoms with Crippen molar-refractivity contribution < 1.29 is 14.3 Å². The van der Waals surface area contributed by atoms with Crippen LogP contribution in [-0.4, -0.2) is 66.5 Å². The van der Waals surface area contributed by atoms with Gasteiger partial charge in [-0.2, -0.15) is 0 Å². The number of ether oxygens (including phenoxy) is 1. The van der Waals surface area contributed by atoms with Crippen LogP contribution in [0.3, 0.4) is 0 Å². The molecule has 0 aromatic carbocycles. The van der Waals surface area contributed by atoms with Crippen LogP contribution in [0.4, 0.5) is 0 Å². The highest BCUT2D eigenvalue weighted by atomic mass is 16.5. The first-order valence-corrected chi connectivity index (χ1v) is 8.41. The molecule has 2 saturated heterocycles. The summed E-state index contributed by atoms with van der Waals surface area (Å²) in [4.78, 5) is 32.6. The molecule has 0 aliphatic carbocycles. The Balaban J connectivity index is 1.79. The maximum atomic E-state index is 12.9. The van der Waals surface area contributed by atoms with Crippen molar-refractivity contribution in [2.45, 2.75) is 20.3 Å². The van der Waals surface area contributed by atoms with Crippen molar-refractivity contribution in [3.63, 3.8) is 0 Å². The summed E-state index contributed by atoms with van der Waals surface area (Å²) in [6, 6.07) is 1.86. The summed E-state index contributed by atoms with van der Waals surface area (Å²) >= 11 is 0. The molecule has 3 heterocycles. The van der Waals surface area contributed by atoms with Gasteiger partial charge in [-0.3, -0.25) is 14.6 Å². The number of fused-ring (bicyclic) bond motifs is 1. The van der Waals surface area contributed by atoms with E-state index in [9.17, 15) is 9.59 Å². The smallest absolute Gasteiger partial charge is 0.255 e. The highest BCUT2D eigenvalue weighted by molar-refractivity contribution is 5.95. The molecule has 0 radical (unpaired) electrons.